The van der Waals surface area contributed by atoms with Crippen LogP contribution in [0.25, 0.3) is 0 Å². The molecular formula is C21H32N2O. The predicted octanol–water partition coefficient (Wildman–Crippen LogP) is 4.16. The van der Waals surface area contributed by atoms with Gasteiger partial charge in [0.15, 0.2) is 0 Å². The number of benzene rings is 1. The topological polar surface area (TPSA) is 24.5 Å². The molecule has 1 aliphatic heterocycles. The van der Waals surface area contributed by atoms with Crippen LogP contribution >= 0.6 is 0 Å². The molecule has 3 nitrogen and oxygen atoms in total. The Labute approximate surface area is 147 Å². The molecule has 3 heteroatoms. The van der Waals surface area contributed by atoms with Gasteiger partial charge in [0.1, 0.15) is 12.4 Å². The van der Waals surface area contributed by atoms with E-state index < -0.39 is 0 Å². The lowest BCUT2D eigenvalue weighted by Gasteiger charge is -2.27. The smallest absolute Gasteiger partial charge is 0.119 e. The molecule has 1 fully saturated rings. The fourth-order valence-corrected chi connectivity index (χ4v) is 2.79. The second-order valence-corrected chi connectivity index (χ2v) is 6.85. The minimum absolute atomic E-state index is 0.651. The van der Waals surface area contributed by atoms with Crippen molar-refractivity contribution in [1.82, 2.24) is 10.2 Å². The van der Waals surface area contributed by atoms with Crippen molar-refractivity contribution < 1.29 is 4.74 Å². The standard InChI is InChI=1S/C21H32N2O/c1-18(2)5-4-6-19(3)11-16-24-21-9-7-20(8-10-21)17-23-14-12-22-13-15-23/h5,7-11,22H,4,6,12-17H2,1-3H3/b19-11+. The van der Waals surface area contributed by atoms with Gasteiger partial charge in [-0.15, -0.1) is 0 Å². The van der Waals surface area contributed by atoms with E-state index in [1.54, 1.807) is 0 Å². The van der Waals surface area contributed by atoms with Crippen LogP contribution in [0.15, 0.2) is 47.6 Å². The molecule has 0 atom stereocenters. The van der Waals surface area contributed by atoms with Crippen molar-refractivity contribution >= 4 is 0 Å². The molecule has 0 radical (unpaired) electrons. The summed E-state index contributed by atoms with van der Waals surface area (Å²) in [6, 6.07) is 8.54. The number of nitrogens with one attached hydrogen (secondary N) is 1. The normalized spacial score (nSPS) is 16.0. The third-order valence-corrected chi connectivity index (χ3v) is 4.31. The average molecular weight is 329 g/mol. The van der Waals surface area contributed by atoms with Gasteiger partial charge in [-0.05, 0) is 57.4 Å². The highest BCUT2D eigenvalue weighted by atomic mass is 16.5. The van der Waals surface area contributed by atoms with Crippen LogP contribution in [0, 0.1) is 0 Å². The lowest BCUT2D eigenvalue weighted by molar-refractivity contribution is 0.233. The Morgan fingerprint density at radius 1 is 1.08 bits per heavy atom. The second-order valence-electron chi connectivity index (χ2n) is 6.85. The Hall–Kier alpha value is -1.58. The lowest BCUT2D eigenvalue weighted by Crippen LogP contribution is -2.42. The summed E-state index contributed by atoms with van der Waals surface area (Å²) in [5.74, 6) is 0.951. The molecule has 1 saturated heterocycles. The van der Waals surface area contributed by atoms with E-state index in [0.717, 1.165) is 51.3 Å². The van der Waals surface area contributed by atoms with E-state index in [1.807, 2.05) is 0 Å². The van der Waals surface area contributed by atoms with Gasteiger partial charge in [-0.1, -0.05) is 29.4 Å². The van der Waals surface area contributed by atoms with E-state index in [1.165, 1.54) is 16.7 Å². The van der Waals surface area contributed by atoms with Crippen LogP contribution in [0.4, 0.5) is 0 Å². The Morgan fingerprint density at radius 2 is 1.79 bits per heavy atom. The first-order chi connectivity index (χ1) is 11.6. The maximum Gasteiger partial charge on any atom is 0.119 e. The summed E-state index contributed by atoms with van der Waals surface area (Å²) < 4.78 is 5.83. The first-order valence-electron chi connectivity index (χ1n) is 9.07. The number of hydrogen-bond acceptors (Lipinski definition) is 3. The fourth-order valence-electron chi connectivity index (χ4n) is 2.79. The van der Waals surface area contributed by atoms with Crippen LogP contribution < -0.4 is 10.1 Å². The summed E-state index contributed by atoms with van der Waals surface area (Å²) in [7, 11) is 0. The van der Waals surface area contributed by atoms with Crippen LogP contribution in [0.2, 0.25) is 0 Å². The highest BCUT2D eigenvalue weighted by Crippen LogP contribution is 2.14. The summed E-state index contributed by atoms with van der Waals surface area (Å²) in [5, 5.41) is 3.39. The van der Waals surface area contributed by atoms with Crippen LogP contribution in [0.1, 0.15) is 39.2 Å². The van der Waals surface area contributed by atoms with Crippen LogP contribution in [-0.2, 0) is 6.54 Å². The van der Waals surface area contributed by atoms with Gasteiger partial charge in [0.05, 0.1) is 0 Å². The van der Waals surface area contributed by atoms with Crippen molar-refractivity contribution in [2.45, 2.75) is 40.2 Å². The van der Waals surface area contributed by atoms with Crippen molar-refractivity contribution in [2.75, 3.05) is 32.8 Å². The van der Waals surface area contributed by atoms with E-state index >= 15 is 0 Å². The summed E-state index contributed by atoms with van der Waals surface area (Å²) in [4.78, 5) is 2.49. The maximum atomic E-state index is 5.83. The molecule has 2 rings (SSSR count). The Kier molecular flexibility index (Phi) is 8.06. The van der Waals surface area contributed by atoms with Gasteiger partial charge in [0, 0.05) is 32.7 Å². The van der Waals surface area contributed by atoms with E-state index in [9.17, 15) is 0 Å². The van der Waals surface area contributed by atoms with E-state index in [2.05, 4.69) is 67.4 Å². The third kappa shape index (κ3) is 7.33. The van der Waals surface area contributed by atoms with E-state index in [0.29, 0.717) is 6.61 Å². The minimum Gasteiger partial charge on any atom is -0.490 e. The molecule has 1 aromatic rings. The molecule has 0 amide bonds. The number of hydrogen-bond donors (Lipinski definition) is 1. The highest BCUT2D eigenvalue weighted by Gasteiger charge is 2.09. The van der Waals surface area contributed by atoms with Crippen molar-refractivity contribution in [2.24, 2.45) is 0 Å². The first kappa shape index (κ1) is 18.8. The molecule has 1 aromatic carbocycles. The first-order valence-corrected chi connectivity index (χ1v) is 9.07. The molecule has 0 unspecified atom stereocenters. The zero-order valence-corrected chi connectivity index (χ0v) is 15.5. The number of piperazine rings is 1. The summed E-state index contributed by atoms with van der Waals surface area (Å²) in [5.41, 5.74) is 4.14. The molecular weight excluding hydrogens is 296 g/mol. The number of allylic oxidation sites excluding steroid dienone is 3. The summed E-state index contributed by atoms with van der Waals surface area (Å²) in [6.45, 7) is 12.6. The largest absolute Gasteiger partial charge is 0.490 e. The molecule has 0 spiro atoms. The van der Waals surface area contributed by atoms with Gasteiger partial charge in [-0.3, -0.25) is 4.90 Å². The zero-order chi connectivity index (χ0) is 17.2. The Bertz CT molecular complexity index is 535. The molecule has 24 heavy (non-hydrogen) atoms. The van der Waals surface area contributed by atoms with E-state index in [-0.39, 0.29) is 0 Å². The summed E-state index contributed by atoms with van der Waals surface area (Å²) >= 11 is 0. The van der Waals surface area contributed by atoms with Gasteiger partial charge in [-0.25, -0.2) is 0 Å². The highest BCUT2D eigenvalue weighted by molar-refractivity contribution is 5.27. The van der Waals surface area contributed by atoms with Gasteiger partial charge >= 0.3 is 0 Å². The molecule has 132 valence electrons. The van der Waals surface area contributed by atoms with Crippen molar-refractivity contribution in [3.8, 4) is 5.75 Å². The zero-order valence-electron chi connectivity index (χ0n) is 15.5. The van der Waals surface area contributed by atoms with Crippen LogP contribution in [0.3, 0.4) is 0 Å². The second kappa shape index (κ2) is 10.3. The van der Waals surface area contributed by atoms with Crippen LogP contribution in [-0.4, -0.2) is 37.7 Å². The molecule has 0 bridgehead atoms. The Morgan fingerprint density at radius 3 is 2.46 bits per heavy atom. The maximum absolute atomic E-state index is 5.83. The fraction of sp³-hybridized carbons (Fsp3) is 0.524. The quantitative estimate of drug-likeness (QED) is 0.725. The van der Waals surface area contributed by atoms with Gasteiger partial charge in [0.25, 0.3) is 0 Å². The predicted molar refractivity (Wildman–Crippen MR) is 103 cm³/mol. The molecule has 1 aliphatic rings. The van der Waals surface area contributed by atoms with Gasteiger partial charge in [-0.2, -0.15) is 0 Å². The molecule has 1 heterocycles. The molecule has 0 aromatic heterocycles. The molecule has 0 aliphatic carbocycles. The van der Waals surface area contributed by atoms with Crippen molar-refractivity contribution in [3.05, 3.63) is 53.1 Å². The minimum atomic E-state index is 0.651. The SMILES string of the molecule is CC(C)=CCC/C(C)=C/COc1ccc(CN2CCNCC2)cc1. The number of nitrogens with zero attached hydrogens (tertiary/aromatic N) is 1. The van der Waals surface area contributed by atoms with Crippen LogP contribution in [0.5, 0.6) is 5.75 Å². The molecule has 0 saturated carbocycles. The lowest BCUT2D eigenvalue weighted by atomic mass is 10.1. The third-order valence-electron chi connectivity index (χ3n) is 4.31. The van der Waals surface area contributed by atoms with Gasteiger partial charge in [0.2, 0.25) is 0 Å². The summed E-state index contributed by atoms with van der Waals surface area (Å²) in [6.07, 6.45) is 6.70. The monoisotopic (exact) mass is 328 g/mol. The van der Waals surface area contributed by atoms with Gasteiger partial charge < -0.3 is 10.1 Å². The number of ether oxygens (including phenoxy) is 1. The van der Waals surface area contributed by atoms with E-state index in [4.69, 9.17) is 4.74 Å². The van der Waals surface area contributed by atoms with Crippen molar-refractivity contribution in [3.63, 3.8) is 0 Å². The Balaban J connectivity index is 1.72. The molecule has 1 N–H and O–H groups in total. The average Bonchev–Trinajstić information content (AvgIpc) is 2.57. The van der Waals surface area contributed by atoms with Crippen molar-refractivity contribution in [1.29, 1.82) is 0 Å². The number of rotatable bonds is 8.